The van der Waals surface area contributed by atoms with Gasteiger partial charge < -0.3 is 5.32 Å². The highest BCUT2D eigenvalue weighted by Crippen LogP contribution is 2.31. The zero-order valence-electron chi connectivity index (χ0n) is 15.2. The summed E-state index contributed by atoms with van der Waals surface area (Å²) in [5.74, 6) is -0.275. The highest BCUT2D eigenvalue weighted by atomic mass is 32.2. The van der Waals surface area contributed by atoms with Gasteiger partial charge in [-0.15, -0.1) is 11.3 Å². The number of benzene rings is 2. The molecule has 27 heavy (non-hydrogen) atoms. The fraction of sp³-hybridized carbons (Fsp3) is 0.190. The van der Waals surface area contributed by atoms with Crippen molar-refractivity contribution in [2.24, 2.45) is 0 Å². The van der Waals surface area contributed by atoms with Crippen LogP contribution >= 0.6 is 11.3 Å². The molecule has 6 heteroatoms. The Kier molecular flexibility index (Phi) is 5.77. The second-order valence-electron chi connectivity index (χ2n) is 6.37. The molecule has 0 bridgehead atoms. The van der Waals surface area contributed by atoms with Crippen molar-refractivity contribution in [3.8, 4) is 0 Å². The van der Waals surface area contributed by atoms with E-state index in [4.69, 9.17) is 0 Å². The molecule has 1 heterocycles. The first-order chi connectivity index (χ1) is 12.9. The van der Waals surface area contributed by atoms with E-state index in [0.717, 1.165) is 11.1 Å². The van der Waals surface area contributed by atoms with Gasteiger partial charge >= 0.3 is 0 Å². The third-order valence-corrected chi connectivity index (χ3v) is 7.76. The van der Waals surface area contributed by atoms with Gasteiger partial charge in [0.15, 0.2) is 9.84 Å². The van der Waals surface area contributed by atoms with Gasteiger partial charge in [0.1, 0.15) is 5.25 Å². The molecular weight excluding hydrogens is 378 g/mol. The number of hydrogen-bond donors (Lipinski definition) is 1. The fourth-order valence-corrected chi connectivity index (χ4v) is 5.59. The van der Waals surface area contributed by atoms with E-state index in [1.54, 1.807) is 42.5 Å². The molecule has 0 radical (unpaired) electrons. The number of carbonyl (C=O) groups is 1. The van der Waals surface area contributed by atoms with Crippen molar-refractivity contribution in [1.82, 2.24) is 5.32 Å². The number of carbonyl (C=O) groups excluding carboxylic acids is 1. The van der Waals surface area contributed by atoms with Crippen LogP contribution in [0.3, 0.4) is 0 Å². The lowest BCUT2D eigenvalue weighted by atomic mass is 10.1. The largest absolute Gasteiger partial charge is 0.350 e. The summed E-state index contributed by atoms with van der Waals surface area (Å²) in [5.41, 5.74) is 2.66. The van der Waals surface area contributed by atoms with E-state index in [1.807, 2.05) is 37.4 Å². The number of aryl methyl sites for hydroxylation is 2. The molecule has 0 aliphatic heterocycles. The molecule has 0 spiro atoms. The van der Waals surface area contributed by atoms with E-state index in [-0.39, 0.29) is 17.3 Å². The topological polar surface area (TPSA) is 63.2 Å². The van der Waals surface area contributed by atoms with Crippen LogP contribution in [-0.2, 0) is 9.84 Å². The summed E-state index contributed by atoms with van der Waals surface area (Å²) in [6, 6.07) is 17.4. The van der Waals surface area contributed by atoms with E-state index >= 15 is 0 Å². The Balaban J connectivity index is 1.85. The van der Waals surface area contributed by atoms with E-state index in [1.165, 1.54) is 11.3 Å². The zero-order chi connectivity index (χ0) is 19.4. The quantitative estimate of drug-likeness (QED) is 0.672. The molecule has 0 fully saturated rings. The SMILES string of the molecule is Cc1ccc(C(=O)NC[C@@H](c2cccs2)S(=O)(=O)c2ccccc2)cc1C. The van der Waals surface area contributed by atoms with Gasteiger partial charge in [-0.2, -0.15) is 0 Å². The molecule has 140 valence electrons. The number of rotatable bonds is 6. The Bertz CT molecular complexity index is 1030. The Morgan fingerprint density at radius 3 is 2.37 bits per heavy atom. The van der Waals surface area contributed by atoms with Crippen molar-refractivity contribution < 1.29 is 13.2 Å². The van der Waals surface area contributed by atoms with Gasteiger partial charge in [0.25, 0.3) is 5.91 Å². The lowest BCUT2D eigenvalue weighted by molar-refractivity contribution is 0.0953. The Labute approximate surface area is 163 Å². The van der Waals surface area contributed by atoms with Crippen LogP contribution in [0.1, 0.15) is 31.6 Å². The summed E-state index contributed by atoms with van der Waals surface area (Å²) in [6.45, 7) is 3.94. The minimum absolute atomic E-state index is 0.0174. The normalized spacial score (nSPS) is 12.5. The smallest absolute Gasteiger partial charge is 0.251 e. The summed E-state index contributed by atoms with van der Waals surface area (Å²) in [5, 5.41) is 3.82. The number of thiophene rings is 1. The maximum Gasteiger partial charge on any atom is 0.251 e. The van der Waals surface area contributed by atoms with Crippen LogP contribution in [0.2, 0.25) is 0 Å². The van der Waals surface area contributed by atoms with Gasteiger partial charge in [0.2, 0.25) is 0 Å². The molecule has 0 saturated heterocycles. The van der Waals surface area contributed by atoms with Gasteiger partial charge in [-0.3, -0.25) is 4.79 Å². The monoisotopic (exact) mass is 399 g/mol. The second kappa shape index (κ2) is 8.06. The Hall–Kier alpha value is -2.44. The average molecular weight is 400 g/mol. The number of amides is 1. The standard InChI is InChI=1S/C21H21NO3S2/c1-15-10-11-17(13-16(15)2)21(23)22-14-20(19-9-6-12-26-19)27(24,25)18-7-4-3-5-8-18/h3-13,20H,14H2,1-2H3,(H,22,23)/t20-/m0/s1. The maximum absolute atomic E-state index is 13.1. The first kappa shape index (κ1) is 19.3. The minimum Gasteiger partial charge on any atom is -0.350 e. The van der Waals surface area contributed by atoms with Crippen molar-refractivity contribution in [1.29, 1.82) is 0 Å². The van der Waals surface area contributed by atoms with Crippen molar-refractivity contribution >= 4 is 27.1 Å². The Morgan fingerprint density at radius 1 is 1.00 bits per heavy atom. The van der Waals surface area contributed by atoms with Crippen LogP contribution in [-0.4, -0.2) is 20.9 Å². The molecule has 3 aromatic rings. The van der Waals surface area contributed by atoms with E-state index in [2.05, 4.69) is 5.32 Å². The number of nitrogens with one attached hydrogen (secondary N) is 1. The average Bonchev–Trinajstić information content (AvgIpc) is 3.19. The molecular formula is C21H21NO3S2. The second-order valence-corrected chi connectivity index (χ2v) is 9.48. The molecule has 4 nitrogen and oxygen atoms in total. The van der Waals surface area contributed by atoms with E-state index < -0.39 is 15.1 Å². The molecule has 2 aromatic carbocycles. The molecule has 1 amide bonds. The van der Waals surface area contributed by atoms with Gasteiger partial charge in [0, 0.05) is 17.0 Å². The fourth-order valence-electron chi connectivity index (χ4n) is 2.78. The summed E-state index contributed by atoms with van der Waals surface area (Å²) < 4.78 is 26.3. The third kappa shape index (κ3) is 4.28. The van der Waals surface area contributed by atoms with Crippen molar-refractivity contribution in [2.45, 2.75) is 24.0 Å². The zero-order valence-corrected chi connectivity index (χ0v) is 16.8. The molecule has 1 N–H and O–H groups in total. The first-order valence-corrected chi connectivity index (χ1v) is 11.0. The Morgan fingerprint density at radius 2 is 1.74 bits per heavy atom. The van der Waals surface area contributed by atoms with Gasteiger partial charge in [0.05, 0.1) is 4.90 Å². The highest BCUT2D eigenvalue weighted by Gasteiger charge is 2.30. The molecule has 1 aromatic heterocycles. The molecule has 3 rings (SSSR count). The van der Waals surface area contributed by atoms with Crippen LogP contribution in [0.4, 0.5) is 0 Å². The lowest BCUT2D eigenvalue weighted by Crippen LogP contribution is -2.31. The van der Waals surface area contributed by atoms with Crippen LogP contribution in [0.25, 0.3) is 0 Å². The van der Waals surface area contributed by atoms with E-state index in [0.29, 0.717) is 10.4 Å². The van der Waals surface area contributed by atoms with Gasteiger partial charge in [-0.1, -0.05) is 30.3 Å². The molecule has 0 aliphatic rings. The minimum atomic E-state index is -3.62. The summed E-state index contributed by atoms with van der Waals surface area (Å²) >= 11 is 1.37. The van der Waals surface area contributed by atoms with Crippen LogP contribution < -0.4 is 5.32 Å². The third-order valence-electron chi connectivity index (χ3n) is 4.52. The van der Waals surface area contributed by atoms with E-state index in [9.17, 15) is 13.2 Å². The molecule has 0 saturated carbocycles. The highest BCUT2D eigenvalue weighted by molar-refractivity contribution is 7.91. The van der Waals surface area contributed by atoms with Crippen molar-refractivity contribution in [2.75, 3.05) is 6.54 Å². The molecule has 0 unspecified atom stereocenters. The van der Waals surface area contributed by atoms with Gasteiger partial charge in [-0.05, 0) is 60.7 Å². The maximum atomic E-state index is 13.1. The number of hydrogen-bond acceptors (Lipinski definition) is 4. The predicted molar refractivity (Wildman–Crippen MR) is 109 cm³/mol. The van der Waals surface area contributed by atoms with Gasteiger partial charge in [-0.25, -0.2) is 8.42 Å². The van der Waals surface area contributed by atoms with Crippen molar-refractivity contribution in [3.05, 3.63) is 87.6 Å². The van der Waals surface area contributed by atoms with Crippen LogP contribution in [0, 0.1) is 13.8 Å². The molecule has 0 aliphatic carbocycles. The van der Waals surface area contributed by atoms with Crippen molar-refractivity contribution in [3.63, 3.8) is 0 Å². The van der Waals surface area contributed by atoms with Crippen LogP contribution in [0.15, 0.2) is 70.9 Å². The first-order valence-electron chi connectivity index (χ1n) is 8.57. The lowest BCUT2D eigenvalue weighted by Gasteiger charge is -2.17. The summed E-state index contributed by atoms with van der Waals surface area (Å²) in [4.78, 5) is 13.5. The number of sulfone groups is 1. The summed E-state index contributed by atoms with van der Waals surface area (Å²) in [7, 11) is -3.62. The van der Waals surface area contributed by atoms with Crippen LogP contribution in [0.5, 0.6) is 0 Å². The molecule has 1 atom stereocenters. The summed E-state index contributed by atoms with van der Waals surface area (Å²) in [6.07, 6.45) is 0. The predicted octanol–water partition coefficient (Wildman–Crippen LogP) is 4.31.